The van der Waals surface area contributed by atoms with Crippen molar-refractivity contribution in [3.05, 3.63) is 131 Å². The molecule has 0 spiro atoms. The average Bonchev–Trinajstić information content (AvgIpc) is 2.91. The number of aryl methyl sites for hydroxylation is 1. The van der Waals surface area contributed by atoms with Gasteiger partial charge in [0.25, 0.3) is 0 Å². The summed E-state index contributed by atoms with van der Waals surface area (Å²) < 4.78 is 6.42. The first-order valence-electron chi connectivity index (χ1n) is 13.0. The van der Waals surface area contributed by atoms with Crippen molar-refractivity contribution in [2.45, 2.75) is 58.5 Å². The molecule has 1 N–H and O–H groups in total. The van der Waals surface area contributed by atoms with E-state index in [9.17, 15) is 0 Å². The van der Waals surface area contributed by atoms with Crippen molar-refractivity contribution in [1.29, 1.82) is 0 Å². The van der Waals surface area contributed by atoms with Crippen LogP contribution in [0, 0.1) is 6.92 Å². The van der Waals surface area contributed by atoms with Gasteiger partial charge in [0.05, 0.1) is 0 Å². The van der Waals surface area contributed by atoms with Crippen molar-refractivity contribution in [3.8, 4) is 5.75 Å². The molecule has 4 aromatic rings. The number of hydrogen-bond acceptors (Lipinski definition) is 2. The highest BCUT2D eigenvalue weighted by atomic mass is 31.1. The highest BCUT2D eigenvalue weighted by molar-refractivity contribution is 7.48. The summed E-state index contributed by atoms with van der Waals surface area (Å²) in [5.74, 6) is 1.00. The Bertz CT molecular complexity index is 1220. The molecule has 0 bridgehead atoms. The van der Waals surface area contributed by atoms with E-state index >= 15 is 0 Å². The van der Waals surface area contributed by atoms with Crippen LogP contribution >= 0.6 is 8.58 Å². The van der Waals surface area contributed by atoms with E-state index in [1.807, 2.05) is 6.07 Å². The van der Waals surface area contributed by atoms with E-state index in [0.717, 1.165) is 31.7 Å². The summed E-state index contributed by atoms with van der Waals surface area (Å²) >= 11 is 0. The lowest BCUT2D eigenvalue weighted by Gasteiger charge is -2.33. The minimum absolute atomic E-state index is 0.00231. The second kappa shape index (κ2) is 12.9. The molecule has 4 aromatic carbocycles. The van der Waals surface area contributed by atoms with Gasteiger partial charge in [-0.3, -0.25) is 0 Å². The zero-order chi connectivity index (χ0) is 25.2. The summed E-state index contributed by atoms with van der Waals surface area (Å²) in [5.41, 5.74) is 6.59. The molecule has 36 heavy (non-hydrogen) atoms. The number of para-hydroxylation sites is 1. The fourth-order valence-electron chi connectivity index (χ4n) is 4.82. The van der Waals surface area contributed by atoms with Crippen molar-refractivity contribution >= 4 is 13.9 Å². The van der Waals surface area contributed by atoms with E-state index in [0.29, 0.717) is 15.2 Å². The van der Waals surface area contributed by atoms with Crippen LogP contribution < -0.4 is 15.4 Å². The monoisotopic (exact) mass is 495 g/mol. The average molecular weight is 496 g/mol. The van der Waals surface area contributed by atoms with Crippen LogP contribution in [0.15, 0.2) is 103 Å². The van der Waals surface area contributed by atoms with E-state index in [4.69, 9.17) is 4.74 Å². The van der Waals surface area contributed by atoms with Crippen LogP contribution in [0.2, 0.25) is 0 Å². The Hall–Kier alpha value is -2.93. The van der Waals surface area contributed by atoms with Gasteiger partial charge in [-0.1, -0.05) is 126 Å². The summed E-state index contributed by atoms with van der Waals surface area (Å²) in [7, 11) is 0.656. The van der Waals surface area contributed by atoms with Gasteiger partial charge in [0.15, 0.2) is 0 Å². The zero-order valence-corrected chi connectivity index (χ0v) is 22.8. The van der Waals surface area contributed by atoms with Crippen LogP contribution in [0.25, 0.3) is 0 Å². The minimum atomic E-state index is 0.00231. The first kappa shape index (κ1) is 26.1. The van der Waals surface area contributed by atoms with Gasteiger partial charge in [-0.2, -0.15) is 0 Å². The molecule has 0 saturated heterocycles. The molecule has 0 amide bonds. The SMILES string of the molecule is CCCC(C)(Pc1c(C)cccc1CNCc1ccccc1)c1ccccc1OCc1ccccc1. The van der Waals surface area contributed by atoms with Crippen LogP contribution in [-0.2, 0) is 24.9 Å². The van der Waals surface area contributed by atoms with Gasteiger partial charge in [0, 0.05) is 23.8 Å². The fraction of sp³-hybridized carbons (Fsp3) is 0.273. The van der Waals surface area contributed by atoms with Crippen molar-refractivity contribution in [1.82, 2.24) is 5.32 Å². The Morgan fingerprint density at radius 2 is 1.42 bits per heavy atom. The molecule has 2 unspecified atom stereocenters. The Balaban J connectivity index is 1.57. The molecule has 0 aliphatic heterocycles. The molecule has 3 heteroatoms. The van der Waals surface area contributed by atoms with E-state index < -0.39 is 0 Å². The van der Waals surface area contributed by atoms with Gasteiger partial charge < -0.3 is 10.1 Å². The lowest BCUT2D eigenvalue weighted by atomic mass is 9.94. The molecule has 2 nitrogen and oxygen atoms in total. The molecule has 0 aliphatic carbocycles. The Labute approximate surface area is 218 Å². The molecular formula is C33H38NOP. The summed E-state index contributed by atoms with van der Waals surface area (Å²) in [6.07, 6.45) is 2.24. The van der Waals surface area contributed by atoms with E-state index in [-0.39, 0.29) is 5.16 Å². The predicted octanol–water partition coefficient (Wildman–Crippen LogP) is 7.88. The van der Waals surface area contributed by atoms with Gasteiger partial charge in [-0.15, -0.1) is 0 Å². The van der Waals surface area contributed by atoms with Crippen molar-refractivity contribution < 1.29 is 4.74 Å². The zero-order valence-electron chi connectivity index (χ0n) is 21.8. The molecule has 0 fully saturated rings. The number of nitrogens with one attached hydrogen (secondary N) is 1. The lowest BCUT2D eigenvalue weighted by molar-refractivity contribution is 0.299. The van der Waals surface area contributed by atoms with E-state index in [1.54, 1.807) is 0 Å². The molecular weight excluding hydrogens is 457 g/mol. The third-order valence-corrected chi connectivity index (χ3v) is 8.75. The maximum absolute atomic E-state index is 6.42. The van der Waals surface area contributed by atoms with Gasteiger partial charge in [-0.25, -0.2) is 0 Å². The predicted molar refractivity (Wildman–Crippen MR) is 156 cm³/mol. The van der Waals surface area contributed by atoms with Crippen LogP contribution in [0.5, 0.6) is 5.75 Å². The fourth-order valence-corrected chi connectivity index (χ4v) is 6.70. The third-order valence-electron chi connectivity index (χ3n) is 6.72. The van der Waals surface area contributed by atoms with Crippen molar-refractivity contribution in [2.75, 3.05) is 0 Å². The van der Waals surface area contributed by atoms with Gasteiger partial charge >= 0.3 is 0 Å². The molecule has 0 saturated carbocycles. The lowest BCUT2D eigenvalue weighted by Crippen LogP contribution is -2.25. The Morgan fingerprint density at radius 1 is 0.750 bits per heavy atom. The minimum Gasteiger partial charge on any atom is -0.489 e. The maximum Gasteiger partial charge on any atom is 0.123 e. The van der Waals surface area contributed by atoms with Crippen molar-refractivity contribution in [2.24, 2.45) is 0 Å². The first-order valence-corrected chi connectivity index (χ1v) is 14.0. The van der Waals surface area contributed by atoms with Gasteiger partial charge in [0.1, 0.15) is 12.4 Å². The third kappa shape index (κ3) is 6.84. The smallest absolute Gasteiger partial charge is 0.123 e. The molecule has 0 aromatic heterocycles. The molecule has 4 rings (SSSR count). The summed E-state index contributed by atoms with van der Waals surface area (Å²) in [5, 5.41) is 5.15. The Kier molecular flexibility index (Phi) is 9.34. The number of rotatable bonds is 12. The van der Waals surface area contributed by atoms with E-state index in [1.165, 1.54) is 33.1 Å². The van der Waals surface area contributed by atoms with Crippen LogP contribution in [0.4, 0.5) is 0 Å². The normalized spacial score (nSPS) is 13.1. The summed E-state index contributed by atoms with van der Waals surface area (Å²) in [6.45, 7) is 9.30. The highest BCUT2D eigenvalue weighted by Crippen LogP contribution is 2.48. The second-order valence-corrected chi connectivity index (χ2v) is 11.5. The Morgan fingerprint density at radius 3 is 2.14 bits per heavy atom. The first-order chi connectivity index (χ1) is 17.6. The van der Waals surface area contributed by atoms with Crippen LogP contribution in [0.3, 0.4) is 0 Å². The number of ether oxygens (including phenoxy) is 1. The van der Waals surface area contributed by atoms with Crippen molar-refractivity contribution in [3.63, 3.8) is 0 Å². The van der Waals surface area contributed by atoms with E-state index in [2.05, 4.69) is 123 Å². The quantitative estimate of drug-likeness (QED) is 0.202. The van der Waals surface area contributed by atoms with Gasteiger partial charge in [0.2, 0.25) is 0 Å². The summed E-state index contributed by atoms with van der Waals surface area (Å²) in [6, 6.07) is 36.4. The largest absolute Gasteiger partial charge is 0.489 e. The molecule has 2 atom stereocenters. The molecule has 186 valence electrons. The van der Waals surface area contributed by atoms with Crippen LogP contribution in [0.1, 0.15) is 54.5 Å². The maximum atomic E-state index is 6.42. The number of hydrogen-bond donors (Lipinski definition) is 1. The second-order valence-electron chi connectivity index (χ2n) is 9.68. The number of benzene rings is 4. The standard InChI is InChI=1S/C33H38NOP/c1-4-22-33(3,30-20-11-12-21-31(30)35-25-28-17-9-6-10-18-28)36-32-26(2)14-13-19-29(32)24-34-23-27-15-7-5-8-16-27/h5-21,34,36H,4,22-25H2,1-3H3. The van der Waals surface area contributed by atoms with Gasteiger partial charge in [-0.05, 0) is 47.0 Å². The molecule has 0 radical (unpaired) electrons. The summed E-state index contributed by atoms with van der Waals surface area (Å²) in [4.78, 5) is 0. The topological polar surface area (TPSA) is 21.3 Å². The van der Waals surface area contributed by atoms with Crippen LogP contribution in [-0.4, -0.2) is 0 Å². The molecule has 0 aliphatic rings. The molecule has 0 heterocycles. The highest BCUT2D eigenvalue weighted by Gasteiger charge is 2.30.